The third kappa shape index (κ3) is 1.62. The Labute approximate surface area is 113 Å². The van der Waals surface area contributed by atoms with Gasteiger partial charge in [0, 0.05) is 15.7 Å². The maximum absolute atomic E-state index is 11.1. The number of aromatic carboxylic acids is 1. The summed E-state index contributed by atoms with van der Waals surface area (Å²) in [6.07, 6.45) is 0. The molecule has 0 spiro atoms. The van der Waals surface area contributed by atoms with Crippen molar-refractivity contribution in [1.82, 2.24) is 9.55 Å². The van der Waals surface area contributed by atoms with Crippen LogP contribution in [-0.4, -0.2) is 20.6 Å². The van der Waals surface area contributed by atoms with E-state index in [1.54, 1.807) is 17.8 Å². The van der Waals surface area contributed by atoms with Crippen LogP contribution in [0.5, 0.6) is 0 Å². The number of halogens is 1. The molecule has 0 saturated carbocycles. The van der Waals surface area contributed by atoms with E-state index in [0.29, 0.717) is 16.6 Å². The molecule has 3 rings (SSSR count). The van der Waals surface area contributed by atoms with Crippen LogP contribution in [0.3, 0.4) is 0 Å². The summed E-state index contributed by atoms with van der Waals surface area (Å²) < 4.78 is 1.89. The summed E-state index contributed by atoms with van der Waals surface area (Å²) in [6.45, 7) is 1.81. The number of imidazole rings is 1. The van der Waals surface area contributed by atoms with Crippen molar-refractivity contribution in [3.05, 3.63) is 40.4 Å². The van der Waals surface area contributed by atoms with Gasteiger partial charge in [0.2, 0.25) is 0 Å². The monoisotopic (exact) mass is 280 g/mol. The molecule has 0 aliphatic carbocycles. The van der Waals surface area contributed by atoms with Crippen molar-refractivity contribution >= 4 is 29.3 Å². The summed E-state index contributed by atoms with van der Waals surface area (Å²) in [7, 11) is 0. The van der Waals surface area contributed by atoms with Crippen molar-refractivity contribution < 1.29 is 9.90 Å². The van der Waals surface area contributed by atoms with Crippen LogP contribution in [0.15, 0.2) is 23.1 Å². The molecule has 0 saturated heterocycles. The van der Waals surface area contributed by atoms with Gasteiger partial charge in [0.1, 0.15) is 5.82 Å². The topological polar surface area (TPSA) is 55.1 Å². The number of hydrogen-bond acceptors (Lipinski definition) is 3. The fourth-order valence-corrected chi connectivity index (χ4v) is 3.45. The molecule has 0 amide bonds. The van der Waals surface area contributed by atoms with Crippen molar-refractivity contribution in [3.63, 3.8) is 0 Å². The summed E-state index contributed by atoms with van der Waals surface area (Å²) >= 11 is 7.55. The predicted molar refractivity (Wildman–Crippen MR) is 69.8 cm³/mol. The normalized spacial score (nSPS) is 13.0. The number of aryl methyl sites for hydroxylation is 1. The van der Waals surface area contributed by atoms with Crippen LogP contribution in [0.25, 0.3) is 5.69 Å². The van der Waals surface area contributed by atoms with Gasteiger partial charge in [0.15, 0.2) is 5.69 Å². The molecular weight excluding hydrogens is 272 g/mol. The second kappa shape index (κ2) is 4.03. The first-order chi connectivity index (χ1) is 8.58. The SMILES string of the molecule is Cc1nc(C(=O)O)c2n1-c1ccc(Cl)cc1SC2. The summed E-state index contributed by atoms with van der Waals surface area (Å²) in [5, 5.41) is 9.82. The van der Waals surface area contributed by atoms with Crippen LogP contribution in [0.1, 0.15) is 22.0 Å². The Bertz CT molecular complexity index is 666. The number of nitrogens with zero attached hydrogens (tertiary/aromatic N) is 2. The number of thioether (sulfide) groups is 1. The maximum Gasteiger partial charge on any atom is 0.356 e. The van der Waals surface area contributed by atoms with E-state index < -0.39 is 5.97 Å². The first-order valence-corrected chi connectivity index (χ1v) is 6.68. The minimum absolute atomic E-state index is 0.139. The highest BCUT2D eigenvalue weighted by atomic mass is 35.5. The van der Waals surface area contributed by atoms with Gasteiger partial charge in [0.05, 0.1) is 11.4 Å². The maximum atomic E-state index is 11.1. The average Bonchev–Trinajstić information content (AvgIpc) is 2.67. The number of carbonyl (C=O) groups is 1. The first-order valence-electron chi connectivity index (χ1n) is 5.32. The molecule has 0 unspecified atom stereocenters. The first kappa shape index (κ1) is 11.6. The molecular formula is C12H9ClN2O2S. The van der Waals surface area contributed by atoms with Gasteiger partial charge in [-0.25, -0.2) is 9.78 Å². The van der Waals surface area contributed by atoms with Gasteiger partial charge >= 0.3 is 5.97 Å². The zero-order valence-corrected chi connectivity index (χ0v) is 11.0. The lowest BCUT2D eigenvalue weighted by Crippen LogP contribution is -2.10. The van der Waals surface area contributed by atoms with Crippen molar-refractivity contribution in [2.45, 2.75) is 17.6 Å². The molecule has 6 heteroatoms. The number of carboxylic acids is 1. The predicted octanol–water partition coefficient (Wildman–Crippen LogP) is 3.14. The zero-order chi connectivity index (χ0) is 12.9. The second-order valence-corrected chi connectivity index (χ2v) is 5.45. The van der Waals surface area contributed by atoms with Crippen molar-refractivity contribution in [2.24, 2.45) is 0 Å². The van der Waals surface area contributed by atoms with Gasteiger partial charge in [-0.1, -0.05) is 11.6 Å². The number of carboxylic acid groups (broad SMARTS) is 1. The summed E-state index contributed by atoms with van der Waals surface area (Å²) in [6, 6.07) is 5.59. The van der Waals surface area contributed by atoms with Gasteiger partial charge in [-0.15, -0.1) is 11.8 Å². The van der Waals surface area contributed by atoms with Crippen molar-refractivity contribution in [1.29, 1.82) is 0 Å². The lowest BCUT2D eigenvalue weighted by atomic mass is 10.2. The van der Waals surface area contributed by atoms with Gasteiger partial charge in [-0.05, 0) is 25.1 Å². The Kier molecular flexibility index (Phi) is 2.60. The van der Waals surface area contributed by atoms with Gasteiger partial charge in [-0.2, -0.15) is 0 Å². The van der Waals surface area contributed by atoms with E-state index in [2.05, 4.69) is 4.98 Å². The third-order valence-electron chi connectivity index (χ3n) is 2.87. The van der Waals surface area contributed by atoms with E-state index in [1.807, 2.05) is 23.6 Å². The molecule has 2 heterocycles. The highest BCUT2D eigenvalue weighted by Crippen LogP contribution is 2.38. The molecule has 0 fully saturated rings. The van der Waals surface area contributed by atoms with Crippen LogP contribution < -0.4 is 0 Å². The summed E-state index contributed by atoms with van der Waals surface area (Å²) in [4.78, 5) is 16.3. The Morgan fingerprint density at radius 2 is 2.33 bits per heavy atom. The third-order valence-corrected chi connectivity index (χ3v) is 4.16. The van der Waals surface area contributed by atoms with Gasteiger partial charge in [0.25, 0.3) is 0 Å². The number of rotatable bonds is 1. The van der Waals surface area contributed by atoms with E-state index in [0.717, 1.165) is 16.3 Å². The Balaban J connectivity index is 2.27. The second-order valence-electron chi connectivity index (χ2n) is 4.00. The zero-order valence-electron chi connectivity index (χ0n) is 9.48. The van der Waals surface area contributed by atoms with E-state index in [9.17, 15) is 4.79 Å². The highest BCUT2D eigenvalue weighted by Gasteiger charge is 2.26. The molecule has 18 heavy (non-hydrogen) atoms. The number of hydrogen-bond donors (Lipinski definition) is 1. The van der Waals surface area contributed by atoms with Crippen LogP contribution in [0, 0.1) is 6.92 Å². The van der Waals surface area contributed by atoms with Gasteiger partial charge in [-0.3, -0.25) is 4.57 Å². The van der Waals surface area contributed by atoms with Crippen molar-refractivity contribution in [3.8, 4) is 5.69 Å². The van der Waals surface area contributed by atoms with Crippen LogP contribution >= 0.6 is 23.4 Å². The lowest BCUT2D eigenvalue weighted by Gasteiger charge is -2.20. The van der Waals surface area contributed by atoms with Crippen LogP contribution in [0.4, 0.5) is 0 Å². The largest absolute Gasteiger partial charge is 0.476 e. The molecule has 1 aromatic carbocycles. The van der Waals surface area contributed by atoms with E-state index >= 15 is 0 Å². The lowest BCUT2D eigenvalue weighted by molar-refractivity contribution is 0.0690. The van der Waals surface area contributed by atoms with Crippen LogP contribution in [-0.2, 0) is 5.75 Å². The molecule has 1 aliphatic rings. The van der Waals surface area contributed by atoms with E-state index in [4.69, 9.17) is 16.7 Å². The number of aromatic nitrogens is 2. The standard InChI is InChI=1S/C12H9ClN2O2S/c1-6-14-11(12(16)17)9-5-18-10-4-7(13)2-3-8(10)15(6)9/h2-4H,5H2,1H3,(H,16,17). The molecule has 1 N–H and O–H groups in total. The minimum atomic E-state index is -0.982. The van der Waals surface area contributed by atoms with E-state index in [1.165, 1.54) is 0 Å². The quantitative estimate of drug-likeness (QED) is 0.872. The molecule has 92 valence electrons. The van der Waals surface area contributed by atoms with Crippen LogP contribution in [0.2, 0.25) is 5.02 Å². The molecule has 2 aromatic rings. The molecule has 0 atom stereocenters. The Hall–Kier alpha value is -1.46. The summed E-state index contributed by atoms with van der Waals surface area (Å²) in [5.74, 6) is 0.298. The minimum Gasteiger partial charge on any atom is -0.476 e. The fourth-order valence-electron chi connectivity index (χ4n) is 2.14. The van der Waals surface area contributed by atoms with Crippen molar-refractivity contribution in [2.75, 3.05) is 0 Å². The molecule has 0 bridgehead atoms. The fraction of sp³-hybridized carbons (Fsp3) is 0.167. The van der Waals surface area contributed by atoms with E-state index in [-0.39, 0.29) is 5.69 Å². The number of fused-ring (bicyclic) bond motifs is 3. The smallest absolute Gasteiger partial charge is 0.356 e. The number of benzene rings is 1. The summed E-state index contributed by atoms with van der Waals surface area (Å²) in [5.41, 5.74) is 1.82. The van der Waals surface area contributed by atoms with Gasteiger partial charge < -0.3 is 5.11 Å². The highest BCUT2D eigenvalue weighted by molar-refractivity contribution is 7.98. The molecule has 1 aromatic heterocycles. The Morgan fingerprint density at radius 3 is 3.06 bits per heavy atom. The molecule has 1 aliphatic heterocycles. The average molecular weight is 281 g/mol. The Morgan fingerprint density at radius 1 is 1.56 bits per heavy atom. The molecule has 0 radical (unpaired) electrons. The molecule has 4 nitrogen and oxygen atoms in total.